The Morgan fingerprint density at radius 3 is 3.05 bits per heavy atom. The van der Waals surface area contributed by atoms with E-state index in [2.05, 4.69) is 19.9 Å². The molecule has 0 aromatic carbocycles. The smallest absolute Gasteiger partial charge is 0.165 e. The Kier molecular flexibility index (Phi) is 4.00. The van der Waals surface area contributed by atoms with Crippen LogP contribution in [0.5, 0.6) is 0 Å². The van der Waals surface area contributed by atoms with Gasteiger partial charge in [0.25, 0.3) is 0 Å². The molecule has 8 heteroatoms. The second kappa shape index (κ2) is 5.92. The fourth-order valence-corrected chi connectivity index (χ4v) is 2.53. The summed E-state index contributed by atoms with van der Waals surface area (Å²) >= 11 is 0. The summed E-state index contributed by atoms with van der Waals surface area (Å²) in [5.41, 5.74) is 1.36. The summed E-state index contributed by atoms with van der Waals surface area (Å²) in [5.74, 6) is 0.785. The van der Waals surface area contributed by atoms with Crippen LogP contribution >= 0.6 is 0 Å². The molecule has 0 bridgehead atoms. The van der Waals surface area contributed by atoms with Crippen LogP contribution in [-0.4, -0.2) is 68.2 Å². The number of ether oxygens (including phenoxy) is 1. The highest BCUT2D eigenvalue weighted by molar-refractivity contribution is 5.83. The van der Waals surface area contributed by atoms with Gasteiger partial charge in [0.2, 0.25) is 0 Å². The number of aliphatic hydroxyl groups is 2. The SMILES string of the molecule is CC1CN(c2ncnc3c2ncn3C[C@H](O)CO)CCO1. The molecular weight excluding hydrogens is 274 g/mol. The lowest BCUT2D eigenvalue weighted by molar-refractivity contribution is 0.0530. The van der Waals surface area contributed by atoms with Gasteiger partial charge in [-0.15, -0.1) is 0 Å². The van der Waals surface area contributed by atoms with Gasteiger partial charge in [0.1, 0.15) is 6.33 Å². The molecule has 8 nitrogen and oxygen atoms in total. The quantitative estimate of drug-likeness (QED) is 0.777. The van der Waals surface area contributed by atoms with Gasteiger partial charge >= 0.3 is 0 Å². The number of anilines is 1. The van der Waals surface area contributed by atoms with Gasteiger partial charge in [0.05, 0.1) is 38.3 Å². The van der Waals surface area contributed by atoms with E-state index < -0.39 is 6.10 Å². The van der Waals surface area contributed by atoms with E-state index in [1.807, 2.05) is 6.92 Å². The van der Waals surface area contributed by atoms with Crippen molar-refractivity contribution >= 4 is 17.0 Å². The highest BCUT2D eigenvalue weighted by Crippen LogP contribution is 2.23. The van der Waals surface area contributed by atoms with Gasteiger partial charge in [-0.2, -0.15) is 0 Å². The third-order valence-electron chi connectivity index (χ3n) is 3.54. The molecule has 0 saturated carbocycles. The van der Waals surface area contributed by atoms with Gasteiger partial charge in [0, 0.05) is 13.1 Å². The van der Waals surface area contributed by atoms with E-state index >= 15 is 0 Å². The number of hydrogen-bond donors (Lipinski definition) is 2. The molecule has 0 spiro atoms. The maximum atomic E-state index is 9.57. The fraction of sp³-hybridized carbons (Fsp3) is 0.615. The first-order valence-electron chi connectivity index (χ1n) is 7.00. The van der Waals surface area contributed by atoms with Crippen molar-refractivity contribution in [2.24, 2.45) is 0 Å². The molecule has 2 atom stereocenters. The summed E-state index contributed by atoms with van der Waals surface area (Å²) in [6.07, 6.45) is 2.44. The lowest BCUT2D eigenvalue weighted by Crippen LogP contribution is -2.41. The Balaban J connectivity index is 1.93. The van der Waals surface area contributed by atoms with Crippen molar-refractivity contribution in [1.29, 1.82) is 0 Å². The third-order valence-corrected chi connectivity index (χ3v) is 3.54. The van der Waals surface area contributed by atoms with Gasteiger partial charge < -0.3 is 24.4 Å². The summed E-state index contributed by atoms with van der Waals surface area (Å²) in [6, 6.07) is 0. The van der Waals surface area contributed by atoms with Gasteiger partial charge in [0.15, 0.2) is 17.0 Å². The minimum absolute atomic E-state index is 0.155. The number of aromatic nitrogens is 4. The van der Waals surface area contributed by atoms with Gasteiger partial charge in [-0.1, -0.05) is 0 Å². The second-order valence-electron chi connectivity index (χ2n) is 5.23. The second-order valence-corrected chi connectivity index (χ2v) is 5.23. The Morgan fingerprint density at radius 1 is 1.43 bits per heavy atom. The molecule has 0 aliphatic carbocycles. The van der Waals surface area contributed by atoms with Crippen molar-refractivity contribution in [1.82, 2.24) is 19.5 Å². The first-order chi connectivity index (χ1) is 10.2. The lowest BCUT2D eigenvalue weighted by Gasteiger charge is -2.31. The Labute approximate surface area is 122 Å². The molecule has 21 heavy (non-hydrogen) atoms. The number of imidazole rings is 1. The Hall–Kier alpha value is -1.77. The molecule has 2 aromatic heterocycles. The maximum absolute atomic E-state index is 9.57. The fourth-order valence-electron chi connectivity index (χ4n) is 2.53. The third kappa shape index (κ3) is 2.82. The molecule has 3 heterocycles. The highest BCUT2D eigenvalue weighted by atomic mass is 16.5. The van der Waals surface area contributed by atoms with Crippen molar-refractivity contribution in [3.63, 3.8) is 0 Å². The molecular formula is C13H19N5O3. The monoisotopic (exact) mass is 293 g/mol. The molecule has 114 valence electrons. The molecule has 0 radical (unpaired) electrons. The number of morpholine rings is 1. The van der Waals surface area contributed by atoms with Crippen LogP contribution in [0.4, 0.5) is 5.82 Å². The zero-order valence-electron chi connectivity index (χ0n) is 11.9. The molecule has 3 rings (SSSR count). The van der Waals surface area contributed by atoms with Crippen LogP contribution in [0.25, 0.3) is 11.2 Å². The van der Waals surface area contributed by atoms with Gasteiger partial charge in [-0.05, 0) is 6.92 Å². The van der Waals surface area contributed by atoms with E-state index in [9.17, 15) is 5.11 Å². The van der Waals surface area contributed by atoms with Crippen LogP contribution in [0.2, 0.25) is 0 Å². The van der Waals surface area contributed by atoms with Crippen molar-refractivity contribution in [2.75, 3.05) is 31.2 Å². The summed E-state index contributed by atoms with van der Waals surface area (Å²) in [7, 11) is 0. The summed E-state index contributed by atoms with van der Waals surface area (Å²) in [5, 5.41) is 18.5. The minimum Gasteiger partial charge on any atom is -0.394 e. The summed E-state index contributed by atoms with van der Waals surface area (Å²) < 4.78 is 7.27. The van der Waals surface area contributed by atoms with E-state index in [1.54, 1.807) is 10.9 Å². The summed E-state index contributed by atoms with van der Waals surface area (Å²) in [4.78, 5) is 15.1. The lowest BCUT2D eigenvalue weighted by atomic mass is 10.3. The summed E-state index contributed by atoms with van der Waals surface area (Å²) in [6.45, 7) is 4.18. The highest BCUT2D eigenvalue weighted by Gasteiger charge is 2.22. The number of fused-ring (bicyclic) bond motifs is 1. The van der Waals surface area contributed by atoms with Crippen molar-refractivity contribution in [3.8, 4) is 0 Å². The largest absolute Gasteiger partial charge is 0.394 e. The zero-order chi connectivity index (χ0) is 14.8. The van der Waals surface area contributed by atoms with E-state index in [4.69, 9.17) is 9.84 Å². The number of rotatable bonds is 4. The van der Waals surface area contributed by atoms with Gasteiger partial charge in [-0.3, -0.25) is 0 Å². The first-order valence-corrected chi connectivity index (χ1v) is 7.00. The van der Waals surface area contributed by atoms with Crippen LogP contribution in [-0.2, 0) is 11.3 Å². The average Bonchev–Trinajstić information content (AvgIpc) is 2.90. The van der Waals surface area contributed by atoms with Crippen LogP contribution in [0.1, 0.15) is 6.92 Å². The molecule has 2 N–H and O–H groups in total. The number of hydrogen-bond acceptors (Lipinski definition) is 7. The zero-order valence-corrected chi connectivity index (χ0v) is 11.9. The van der Waals surface area contributed by atoms with E-state index in [-0.39, 0.29) is 19.3 Å². The molecule has 1 fully saturated rings. The van der Waals surface area contributed by atoms with Crippen LogP contribution in [0, 0.1) is 0 Å². The first kappa shape index (κ1) is 14.2. The average molecular weight is 293 g/mol. The Bertz CT molecular complexity index is 617. The molecule has 1 unspecified atom stereocenters. The maximum Gasteiger partial charge on any atom is 0.165 e. The standard InChI is InChI=1S/C13H19N5O3/c1-9-4-17(2-3-21-9)12-11-13(15-7-14-12)18(8-16-11)5-10(20)6-19/h7-10,19-20H,2-6H2,1H3/t9?,10-/m0/s1. The predicted molar refractivity (Wildman–Crippen MR) is 76.0 cm³/mol. The predicted octanol–water partition coefficient (Wildman–Crippen LogP) is -0.595. The molecule has 1 saturated heterocycles. The normalized spacial score (nSPS) is 20.9. The van der Waals surface area contributed by atoms with E-state index in [0.29, 0.717) is 17.8 Å². The molecule has 2 aromatic rings. The van der Waals surface area contributed by atoms with Crippen molar-refractivity contribution in [3.05, 3.63) is 12.7 Å². The molecule has 1 aliphatic rings. The van der Waals surface area contributed by atoms with Crippen LogP contribution in [0.15, 0.2) is 12.7 Å². The van der Waals surface area contributed by atoms with Crippen LogP contribution in [0.3, 0.4) is 0 Å². The van der Waals surface area contributed by atoms with Crippen molar-refractivity contribution in [2.45, 2.75) is 25.7 Å². The Morgan fingerprint density at radius 2 is 2.29 bits per heavy atom. The number of aliphatic hydroxyl groups excluding tert-OH is 2. The topological polar surface area (TPSA) is 96.5 Å². The van der Waals surface area contributed by atoms with Gasteiger partial charge in [-0.25, -0.2) is 15.0 Å². The van der Waals surface area contributed by atoms with E-state index in [1.165, 1.54) is 6.33 Å². The number of nitrogens with zero attached hydrogens (tertiary/aromatic N) is 5. The molecule has 0 amide bonds. The van der Waals surface area contributed by atoms with Crippen LogP contribution < -0.4 is 4.90 Å². The molecule has 1 aliphatic heterocycles. The minimum atomic E-state index is -0.829. The van der Waals surface area contributed by atoms with Crippen molar-refractivity contribution < 1.29 is 14.9 Å². The van der Waals surface area contributed by atoms with E-state index in [0.717, 1.165) is 18.9 Å².